The van der Waals surface area contributed by atoms with E-state index < -0.39 is 0 Å². The SMILES string of the molecule is CCCCCCC(C)NC(=NCc1ccccc1)NCC(=O)N(C)C.I. The second-order valence-electron chi connectivity index (χ2n) is 6.69. The van der Waals surface area contributed by atoms with Crippen LogP contribution in [0.3, 0.4) is 0 Å². The zero-order valence-corrected chi connectivity index (χ0v) is 19.0. The van der Waals surface area contributed by atoms with Crippen LogP contribution in [0.2, 0.25) is 0 Å². The molecule has 1 aromatic rings. The molecule has 148 valence electrons. The van der Waals surface area contributed by atoms with Gasteiger partial charge in [-0.15, -0.1) is 24.0 Å². The summed E-state index contributed by atoms with van der Waals surface area (Å²) in [6.45, 7) is 5.23. The van der Waals surface area contributed by atoms with E-state index in [2.05, 4.69) is 41.6 Å². The first-order valence-corrected chi connectivity index (χ1v) is 9.31. The summed E-state index contributed by atoms with van der Waals surface area (Å²) in [4.78, 5) is 18.0. The van der Waals surface area contributed by atoms with Crippen LogP contribution in [0.15, 0.2) is 35.3 Å². The lowest BCUT2D eigenvalue weighted by molar-refractivity contribution is -0.127. The van der Waals surface area contributed by atoms with E-state index in [1.54, 1.807) is 19.0 Å². The maximum atomic E-state index is 11.8. The fourth-order valence-electron chi connectivity index (χ4n) is 2.41. The monoisotopic (exact) mass is 474 g/mol. The molecule has 1 aromatic carbocycles. The lowest BCUT2D eigenvalue weighted by Gasteiger charge is -2.19. The fraction of sp³-hybridized carbons (Fsp3) is 0.600. The number of likely N-dealkylation sites (N-methyl/N-ethyl adjacent to an activating group) is 1. The molecule has 0 aromatic heterocycles. The van der Waals surface area contributed by atoms with Gasteiger partial charge in [0.05, 0.1) is 13.1 Å². The molecule has 0 bridgehead atoms. The van der Waals surface area contributed by atoms with Crippen molar-refractivity contribution in [3.05, 3.63) is 35.9 Å². The van der Waals surface area contributed by atoms with Gasteiger partial charge in [-0.05, 0) is 18.9 Å². The van der Waals surface area contributed by atoms with E-state index in [1.807, 2.05) is 18.2 Å². The van der Waals surface area contributed by atoms with E-state index >= 15 is 0 Å². The van der Waals surface area contributed by atoms with Crippen LogP contribution in [-0.4, -0.2) is 43.4 Å². The lowest BCUT2D eigenvalue weighted by Crippen LogP contribution is -2.46. The predicted molar refractivity (Wildman–Crippen MR) is 121 cm³/mol. The van der Waals surface area contributed by atoms with Crippen molar-refractivity contribution < 1.29 is 4.79 Å². The second-order valence-corrected chi connectivity index (χ2v) is 6.69. The summed E-state index contributed by atoms with van der Waals surface area (Å²) >= 11 is 0. The van der Waals surface area contributed by atoms with Gasteiger partial charge in [-0.3, -0.25) is 4.79 Å². The average molecular weight is 474 g/mol. The van der Waals surface area contributed by atoms with Gasteiger partial charge < -0.3 is 15.5 Å². The standard InChI is InChI=1S/C20H34N4O.HI/c1-5-6-7-9-12-17(2)23-20(22-16-19(25)24(3)4)21-15-18-13-10-8-11-14-18;/h8,10-11,13-14,17H,5-7,9,12,15-16H2,1-4H3,(H2,21,22,23);1H. The number of amides is 1. The van der Waals surface area contributed by atoms with Gasteiger partial charge in [0.2, 0.25) is 5.91 Å². The molecular weight excluding hydrogens is 439 g/mol. The molecule has 0 aliphatic heterocycles. The number of nitrogens with one attached hydrogen (secondary N) is 2. The Labute approximate surface area is 176 Å². The van der Waals surface area contributed by atoms with Gasteiger partial charge in [0.15, 0.2) is 5.96 Å². The molecule has 1 rings (SSSR count). The van der Waals surface area contributed by atoms with E-state index in [-0.39, 0.29) is 36.4 Å². The van der Waals surface area contributed by atoms with Gasteiger partial charge in [-0.1, -0.05) is 62.9 Å². The first kappa shape index (κ1) is 24.7. The molecule has 0 saturated carbocycles. The van der Waals surface area contributed by atoms with Gasteiger partial charge in [-0.25, -0.2) is 4.99 Å². The molecule has 0 fully saturated rings. The zero-order valence-electron chi connectivity index (χ0n) is 16.6. The number of halogens is 1. The Balaban J connectivity index is 0.00000625. The third-order valence-corrected chi connectivity index (χ3v) is 4.04. The van der Waals surface area contributed by atoms with E-state index in [4.69, 9.17) is 0 Å². The zero-order chi connectivity index (χ0) is 18.5. The smallest absolute Gasteiger partial charge is 0.241 e. The van der Waals surface area contributed by atoms with Crippen molar-refractivity contribution in [1.82, 2.24) is 15.5 Å². The van der Waals surface area contributed by atoms with E-state index in [1.165, 1.54) is 25.7 Å². The van der Waals surface area contributed by atoms with Crippen molar-refractivity contribution in [1.29, 1.82) is 0 Å². The fourth-order valence-corrected chi connectivity index (χ4v) is 2.41. The third kappa shape index (κ3) is 11.3. The van der Waals surface area contributed by atoms with Crippen molar-refractivity contribution in [2.75, 3.05) is 20.6 Å². The Morgan fingerprint density at radius 3 is 2.46 bits per heavy atom. The molecule has 1 atom stereocenters. The van der Waals surface area contributed by atoms with Crippen LogP contribution < -0.4 is 10.6 Å². The first-order valence-electron chi connectivity index (χ1n) is 9.31. The number of benzene rings is 1. The first-order chi connectivity index (χ1) is 12.0. The van der Waals surface area contributed by atoms with Crippen molar-refractivity contribution >= 4 is 35.8 Å². The third-order valence-electron chi connectivity index (χ3n) is 4.04. The molecule has 5 nitrogen and oxygen atoms in total. The van der Waals surface area contributed by atoms with Crippen LogP contribution in [0.1, 0.15) is 51.5 Å². The topological polar surface area (TPSA) is 56.7 Å². The van der Waals surface area contributed by atoms with Crippen LogP contribution in [0.4, 0.5) is 0 Å². The molecule has 26 heavy (non-hydrogen) atoms. The van der Waals surface area contributed by atoms with Crippen LogP contribution in [0.25, 0.3) is 0 Å². The summed E-state index contributed by atoms with van der Waals surface area (Å²) in [5.74, 6) is 0.729. The Morgan fingerprint density at radius 1 is 1.15 bits per heavy atom. The highest BCUT2D eigenvalue weighted by Crippen LogP contribution is 2.05. The number of aliphatic imine (C=N–C) groups is 1. The molecule has 1 unspecified atom stereocenters. The number of hydrogen-bond acceptors (Lipinski definition) is 2. The number of carbonyl (C=O) groups excluding carboxylic acids is 1. The van der Waals surface area contributed by atoms with Gasteiger partial charge in [-0.2, -0.15) is 0 Å². The minimum absolute atomic E-state index is 0. The molecular formula is C20H35IN4O. The number of hydrogen-bond donors (Lipinski definition) is 2. The summed E-state index contributed by atoms with van der Waals surface area (Å²) in [5.41, 5.74) is 1.15. The van der Waals surface area contributed by atoms with Crippen molar-refractivity contribution in [3.63, 3.8) is 0 Å². The lowest BCUT2D eigenvalue weighted by atomic mass is 10.1. The van der Waals surface area contributed by atoms with Gasteiger partial charge in [0.25, 0.3) is 0 Å². The van der Waals surface area contributed by atoms with Crippen LogP contribution >= 0.6 is 24.0 Å². The highest BCUT2D eigenvalue weighted by Gasteiger charge is 2.09. The number of guanidine groups is 1. The van der Waals surface area contributed by atoms with Gasteiger partial charge in [0.1, 0.15) is 0 Å². The Morgan fingerprint density at radius 2 is 1.85 bits per heavy atom. The van der Waals surface area contributed by atoms with Crippen LogP contribution in [0, 0.1) is 0 Å². The summed E-state index contributed by atoms with van der Waals surface area (Å²) in [7, 11) is 3.52. The summed E-state index contributed by atoms with van der Waals surface area (Å²) in [6.07, 6.45) is 6.13. The second kappa shape index (κ2) is 14.8. The quantitative estimate of drug-likeness (QED) is 0.235. The molecule has 0 spiro atoms. The highest BCUT2D eigenvalue weighted by atomic mass is 127. The van der Waals surface area contributed by atoms with Gasteiger partial charge >= 0.3 is 0 Å². The highest BCUT2D eigenvalue weighted by molar-refractivity contribution is 14.0. The van der Waals surface area contributed by atoms with E-state index in [0.29, 0.717) is 18.5 Å². The molecule has 6 heteroatoms. The maximum absolute atomic E-state index is 11.8. The Kier molecular flexibility index (Phi) is 14.1. The number of carbonyl (C=O) groups is 1. The largest absolute Gasteiger partial charge is 0.354 e. The number of rotatable bonds is 10. The summed E-state index contributed by atoms with van der Waals surface area (Å²) in [6, 6.07) is 10.5. The molecule has 0 saturated heterocycles. The van der Waals surface area contributed by atoms with Crippen LogP contribution in [0.5, 0.6) is 0 Å². The maximum Gasteiger partial charge on any atom is 0.241 e. The Bertz CT molecular complexity index is 520. The molecule has 2 N–H and O–H groups in total. The average Bonchev–Trinajstić information content (AvgIpc) is 2.61. The number of nitrogens with zero attached hydrogens (tertiary/aromatic N) is 2. The molecule has 1 amide bonds. The summed E-state index contributed by atoms with van der Waals surface area (Å²) < 4.78 is 0. The molecule has 0 radical (unpaired) electrons. The predicted octanol–water partition coefficient (Wildman–Crippen LogP) is 3.79. The summed E-state index contributed by atoms with van der Waals surface area (Å²) in [5, 5.41) is 6.58. The minimum Gasteiger partial charge on any atom is -0.354 e. The van der Waals surface area contributed by atoms with Crippen LogP contribution in [-0.2, 0) is 11.3 Å². The Hall–Kier alpha value is -1.31. The molecule has 0 heterocycles. The molecule has 0 aliphatic rings. The van der Waals surface area contributed by atoms with E-state index in [0.717, 1.165) is 12.0 Å². The van der Waals surface area contributed by atoms with Crippen molar-refractivity contribution in [2.45, 2.75) is 58.5 Å². The number of unbranched alkanes of at least 4 members (excludes halogenated alkanes) is 3. The molecule has 0 aliphatic carbocycles. The van der Waals surface area contributed by atoms with Crippen molar-refractivity contribution in [2.24, 2.45) is 4.99 Å². The minimum atomic E-state index is 0. The van der Waals surface area contributed by atoms with Gasteiger partial charge in [0, 0.05) is 20.1 Å². The normalized spacial score (nSPS) is 12.1. The van der Waals surface area contributed by atoms with Crippen molar-refractivity contribution in [3.8, 4) is 0 Å². The van der Waals surface area contributed by atoms with E-state index in [9.17, 15) is 4.79 Å².